The van der Waals surface area contributed by atoms with Gasteiger partial charge in [-0.3, -0.25) is 14.5 Å². The van der Waals surface area contributed by atoms with Gasteiger partial charge in [0.15, 0.2) is 0 Å². The lowest BCUT2D eigenvalue weighted by atomic mass is 10.1. The van der Waals surface area contributed by atoms with E-state index in [0.29, 0.717) is 19.7 Å². The zero-order valence-electron chi connectivity index (χ0n) is 16.1. The van der Waals surface area contributed by atoms with Crippen molar-refractivity contribution in [2.45, 2.75) is 19.1 Å². The first-order chi connectivity index (χ1) is 13.6. The topological polar surface area (TPSA) is 70.7 Å². The van der Waals surface area contributed by atoms with Crippen LogP contribution in [-0.4, -0.2) is 49.5 Å². The van der Waals surface area contributed by atoms with Crippen LogP contribution < -0.4 is 10.6 Å². The largest absolute Gasteiger partial charge is 0.371 e. The number of hydrogen-bond acceptors (Lipinski definition) is 4. The Kier molecular flexibility index (Phi) is 7.17. The van der Waals surface area contributed by atoms with Gasteiger partial charge in [0.2, 0.25) is 0 Å². The minimum absolute atomic E-state index is 0.0423. The number of carbonyl (C=O) groups excluding carboxylic acids is 2. The summed E-state index contributed by atoms with van der Waals surface area (Å²) in [5, 5.41) is 5.44. The molecule has 1 aliphatic heterocycles. The first kappa shape index (κ1) is 20.0. The van der Waals surface area contributed by atoms with Crippen molar-refractivity contribution in [1.82, 2.24) is 15.5 Å². The monoisotopic (exact) mass is 381 g/mol. The second-order valence-corrected chi connectivity index (χ2v) is 6.93. The van der Waals surface area contributed by atoms with Gasteiger partial charge in [-0.2, -0.15) is 0 Å². The van der Waals surface area contributed by atoms with Crippen LogP contribution in [0.25, 0.3) is 0 Å². The molecule has 1 saturated heterocycles. The SMILES string of the molecule is CC(NC(=O)C(=O)NCCN1CCOC(c2ccccc2)C1)c1ccccc1. The zero-order chi connectivity index (χ0) is 19.8. The van der Waals surface area contributed by atoms with E-state index in [-0.39, 0.29) is 12.1 Å². The predicted molar refractivity (Wildman–Crippen MR) is 108 cm³/mol. The van der Waals surface area contributed by atoms with Crippen LogP contribution in [0.3, 0.4) is 0 Å². The standard InChI is InChI=1S/C22H27N3O3/c1-17(18-8-4-2-5-9-18)24-22(27)21(26)23-12-13-25-14-15-28-20(16-25)19-10-6-3-7-11-19/h2-11,17,20H,12-16H2,1H3,(H,23,26)(H,24,27). The molecule has 1 aliphatic rings. The van der Waals surface area contributed by atoms with Crippen molar-refractivity contribution in [1.29, 1.82) is 0 Å². The minimum Gasteiger partial charge on any atom is -0.371 e. The summed E-state index contributed by atoms with van der Waals surface area (Å²) in [7, 11) is 0. The van der Waals surface area contributed by atoms with E-state index in [4.69, 9.17) is 4.74 Å². The number of nitrogens with zero attached hydrogens (tertiary/aromatic N) is 1. The Morgan fingerprint density at radius 2 is 1.75 bits per heavy atom. The van der Waals surface area contributed by atoms with Crippen LogP contribution in [0.1, 0.15) is 30.2 Å². The Hall–Kier alpha value is -2.70. The summed E-state index contributed by atoms with van der Waals surface area (Å²) in [6, 6.07) is 19.5. The third-order valence-corrected chi connectivity index (χ3v) is 4.89. The maximum atomic E-state index is 12.1. The average molecular weight is 381 g/mol. The summed E-state index contributed by atoms with van der Waals surface area (Å²) in [5.41, 5.74) is 2.12. The van der Waals surface area contributed by atoms with Crippen LogP contribution in [0.4, 0.5) is 0 Å². The highest BCUT2D eigenvalue weighted by Crippen LogP contribution is 2.21. The first-order valence-corrected chi connectivity index (χ1v) is 9.66. The summed E-state index contributed by atoms with van der Waals surface area (Å²) in [6.07, 6.45) is 0.0423. The Balaban J connectivity index is 1.40. The normalized spacial score (nSPS) is 18.2. The van der Waals surface area contributed by atoms with E-state index in [2.05, 4.69) is 27.7 Å². The second-order valence-electron chi connectivity index (χ2n) is 6.93. The highest BCUT2D eigenvalue weighted by Gasteiger charge is 2.22. The molecule has 0 aliphatic carbocycles. The van der Waals surface area contributed by atoms with E-state index in [1.165, 1.54) is 0 Å². The van der Waals surface area contributed by atoms with Gasteiger partial charge in [-0.1, -0.05) is 60.7 Å². The van der Waals surface area contributed by atoms with Crippen molar-refractivity contribution in [3.8, 4) is 0 Å². The van der Waals surface area contributed by atoms with Gasteiger partial charge in [-0.15, -0.1) is 0 Å². The van der Waals surface area contributed by atoms with Crippen LogP contribution in [0, 0.1) is 0 Å². The summed E-state index contributed by atoms with van der Waals surface area (Å²) >= 11 is 0. The lowest BCUT2D eigenvalue weighted by Crippen LogP contribution is -2.46. The number of ether oxygens (including phenoxy) is 1. The first-order valence-electron chi connectivity index (χ1n) is 9.66. The fourth-order valence-corrected chi connectivity index (χ4v) is 3.27. The summed E-state index contributed by atoms with van der Waals surface area (Å²) < 4.78 is 5.85. The van der Waals surface area contributed by atoms with Gasteiger partial charge in [0.1, 0.15) is 0 Å². The third kappa shape index (κ3) is 5.65. The van der Waals surface area contributed by atoms with Crippen LogP contribution in [0.5, 0.6) is 0 Å². The van der Waals surface area contributed by atoms with E-state index >= 15 is 0 Å². The molecule has 1 fully saturated rings. The lowest BCUT2D eigenvalue weighted by molar-refractivity contribution is -0.139. The van der Waals surface area contributed by atoms with Crippen LogP contribution in [-0.2, 0) is 14.3 Å². The van der Waals surface area contributed by atoms with Gasteiger partial charge in [-0.25, -0.2) is 0 Å². The van der Waals surface area contributed by atoms with Gasteiger partial charge in [0, 0.05) is 26.2 Å². The molecule has 6 nitrogen and oxygen atoms in total. The molecular formula is C22H27N3O3. The van der Waals surface area contributed by atoms with Crippen molar-refractivity contribution >= 4 is 11.8 Å². The fourth-order valence-electron chi connectivity index (χ4n) is 3.27. The van der Waals surface area contributed by atoms with E-state index in [1.54, 1.807) is 0 Å². The molecule has 2 aromatic rings. The molecule has 2 unspecified atom stereocenters. The number of hydrogen-bond donors (Lipinski definition) is 2. The van der Waals surface area contributed by atoms with Gasteiger partial charge >= 0.3 is 11.8 Å². The molecule has 2 atom stereocenters. The van der Waals surface area contributed by atoms with Gasteiger partial charge < -0.3 is 15.4 Å². The van der Waals surface area contributed by atoms with Crippen molar-refractivity contribution in [2.24, 2.45) is 0 Å². The Morgan fingerprint density at radius 1 is 1.07 bits per heavy atom. The highest BCUT2D eigenvalue weighted by atomic mass is 16.5. The molecule has 0 spiro atoms. The van der Waals surface area contributed by atoms with Gasteiger partial charge in [0.05, 0.1) is 18.8 Å². The average Bonchev–Trinajstić information content (AvgIpc) is 2.75. The third-order valence-electron chi connectivity index (χ3n) is 4.89. The summed E-state index contributed by atoms with van der Waals surface area (Å²) in [6.45, 7) is 5.21. The molecule has 2 amide bonds. The fraction of sp³-hybridized carbons (Fsp3) is 0.364. The van der Waals surface area contributed by atoms with Crippen molar-refractivity contribution in [3.05, 3.63) is 71.8 Å². The molecule has 6 heteroatoms. The van der Waals surface area contributed by atoms with Crippen LogP contribution in [0.2, 0.25) is 0 Å². The zero-order valence-corrected chi connectivity index (χ0v) is 16.1. The van der Waals surface area contributed by atoms with E-state index < -0.39 is 11.8 Å². The second kappa shape index (κ2) is 10.0. The van der Waals surface area contributed by atoms with Gasteiger partial charge in [0.25, 0.3) is 0 Å². The smallest absolute Gasteiger partial charge is 0.309 e. The molecule has 0 aromatic heterocycles. The van der Waals surface area contributed by atoms with E-state index in [9.17, 15) is 9.59 Å². The maximum Gasteiger partial charge on any atom is 0.309 e. The highest BCUT2D eigenvalue weighted by molar-refractivity contribution is 6.35. The maximum absolute atomic E-state index is 12.1. The number of morpholine rings is 1. The molecule has 2 N–H and O–H groups in total. The molecule has 28 heavy (non-hydrogen) atoms. The molecule has 148 valence electrons. The molecule has 0 bridgehead atoms. The van der Waals surface area contributed by atoms with Gasteiger partial charge in [-0.05, 0) is 18.1 Å². The van der Waals surface area contributed by atoms with Crippen molar-refractivity contribution in [3.63, 3.8) is 0 Å². The summed E-state index contributed by atoms with van der Waals surface area (Å²) in [4.78, 5) is 26.4. The Labute approximate surface area is 165 Å². The van der Waals surface area contributed by atoms with Crippen LogP contribution >= 0.6 is 0 Å². The molecule has 0 saturated carbocycles. The number of amides is 2. The van der Waals surface area contributed by atoms with Crippen LogP contribution in [0.15, 0.2) is 60.7 Å². The lowest BCUT2D eigenvalue weighted by Gasteiger charge is -2.33. The van der Waals surface area contributed by atoms with Crippen molar-refractivity contribution in [2.75, 3.05) is 32.8 Å². The number of nitrogens with one attached hydrogen (secondary N) is 2. The minimum atomic E-state index is -0.611. The Morgan fingerprint density at radius 3 is 2.46 bits per heavy atom. The molecule has 0 radical (unpaired) electrons. The molecule has 2 aromatic carbocycles. The molecular weight excluding hydrogens is 354 g/mol. The quantitative estimate of drug-likeness (QED) is 0.752. The number of benzene rings is 2. The summed E-state index contributed by atoms with van der Waals surface area (Å²) in [5.74, 6) is -1.21. The number of rotatable bonds is 6. The molecule has 1 heterocycles. The van der Waals surface area contributed by atoms with Crippen molar-refractivity contribution < 1.29 is 14.3 Å². The number of carbonyl (C=O) groups is 2. The Bertz CT molecular complexity index is 767. The van der Waals surface area contributed by atoms with E-state index in [1.807, 2.05) is 55.5 Å². The molecule has 3 rings (SSSR count). The van der Waals surface area contributed by atoms with E-state index in [0.717, 1.165) is 24.2 Å². The predicted octanol–water partition coefficient (Wildman–Crippen LogP) is 2.05.